The van der Waals surface area contributed by atoms with Gasteiger partial charge in [0.2, 0.25) is 0 Å². The Morgan fingerprint density at radius 3 is 1.64 bits per heavy atom. The summed E-state index contributed by atoms with van der Waals surface area (Å²) >= 11 is 0. The normalized spacial score (nSPS) is 18.9. The number of hydrogen-bond donors (Lipinski definition) is 5. The molecule has 0 radical (unpaired) electrons. The zero-order valence-corrected chi connectivity index (χ0v) is 25.5. The molecule has 12 heteroatoms. The van der Waals surface area contributed by atoms with Gasteiger partial charge in [-0.15, -0.1) is 0 Å². The molecule has 3 unspecified atom stereocenters. The highest BCUT2D eigenvalue weighted by atomic mass is 19.1. The van der Waals surface area contributed by atoms with Crippen LogP contribution in [0, 0.1) is 11.6 Å². The molecule has 244 valence electrons. The fourth-order valence-electron chi connectivity index (χ4n) is 6.00. The van der Waals surface area contributed by atoms with Gasteiger partial charge >= 0.3 is 6.03 Å². The highest BCUT2D eigenvalue weighted by Crippen LogP contribution is 2.31. The second-order valence-electron chi connectivity index (χ2n) is 11.5. The van der Waals surface area contributed by atoms with Crippen molar-refractivity contribution >= 4 is 17.7 Å². The average molecular weight is 643 g/mol. The molecule has 0 aromatic heterocycles. The predicted molar refractivity (Wildman–Crippen MR) is 173 cm³/mol. The number of aryl methyl sites for hydroxylation is 1. The van der Waals surface area contributed by atoms with Gasteiger partial charge in [-0.25, -0.2) is 13.6 Å². The molecule has 4 aromatic carbocycles. The Labute approximate surface area is 270 Å². The van der Waals surface area contributed by atoms with Crippen molar-refractivity contribution in [1.29, 1.82) is 0 Å². The maximum Gasteiger partial charge on any atom is 0.321 e. The quantitative estimate of drug-likeness (QED) is 0.0698. The van der Waals surface area contributed by atoms with Crippen LogP contribution < -0.4 is 11.5 Å². The van der Waals surface area contributed by atoms with Gasteiger partial charge in [0.15, 0.2) is 11.7 Å². The molecular weight excluding hydrogens is 606 g/mol. The largest absolute Gasteiger partial charge is 0.409 e. The maximum atomic E-state index is 14.6. The molecule has 5 rings (SSSR count). The van der Waals surface area contributed by atoms with Gasteiger partial charge in [-0.3, -0.25) is 0 Å². The van der Waals surface area contributed by atoms with Crippen molar-refractivity contribution in [2.45, 2.75) is 50.5 Å². The first kappa shape index (κ1) is 32.9. The fourth-order valence-corrected chi connectivity index (χ4v) is 6.00. The first-order valence-electron chi connectivity index (χ1n) is 15.0. The lowest BCUT2D eigenvalue weighted by atomic mass is 9.88. The van der Waals surface area contributed by atoms with Crippen molar-refractivity contribution in [2.24, 2.45) is 21.8 Å². The molecule has 0 saturated carbocycles. The summed E-state index contributed by atoms with van der Waals surface area (Å²) in [5, 5.41) is 36.7. The van der Waals surface area contributed by atoms with Gasteiger partial charge in [-0.1, -0.05) is 71.0 Å². The Morgan fingerprint density at radius 1 is 0.681 bits per heavy atom. The molecule has 10 nitrogen and oxygen atoms in total. The molecule has 1 heterocycles. The summed E-state index contributed by atoms with van der Waals surface area (Å²) in [7, 11) is 0. The van der Waals surface area contributed by atoms with Crippen LogP contribution in [-0.4, -0.2) is 61.2 Å². The van der Waals surface area contributed by atoms with E-state index in [1.807, 2.05) is 0 Å². The van der Waals surface area contributed by atoms with Crippen LogP contribution in [0.25, 0.3) is 0 Å². The van der Waals surface area contributed by atoms with E-state index in [9.17, 15) is 29.1 Å². The molecule has 1 aliphatic rings. The number of nitrogens with zero attached hydrogens (tertiary/aromatic N) is 4. The maximum absolute atomic E-state index is 14.6. The van der Waals surface area contributed by atoms with Gasteiger partial charge in [0.25, 0.3) is 0 Å². The summed E-state index contributed by atoms with van der Waals surface area (Å²) in [4.78, 5) is 17.8. The lowest BCUT2D eigenvalue weighted by Crippen LogP contribution is -2.66. The highest BCUT2D eigenvalue weighted by Gasteiger charge is 2.45. The van der Waals surface area contributed by atoms with Gasteiger partial charge in [-0.05, 0) is 77.9 Å². The van der Waals surface area contributed by atoms with Gasteiger partial charge < -0.3 is 36.8 Å². The van der Waals surface area contributed by atoms with Crippen molar-refractivity contribution in [3.63, 3.8) is 0 Å². The van der Waals surface area contributed by atoms with E-state index in [-0.39, 0.29) is 43.0 Å². The third-order valence-electron chi connectivity index (χ3n) is 8.45. The number of nitrogens with two attached hydrogens (primary N) is 2. The lowest BCUT2D eigenvalue weighted by Gasteiger charge is -2.49. The summed E-state index contributed by atoms with van der Waals surface area (Å²) in [5.41, 5.74) is 15.5. The van der Waals surface area contributed by atoms with Crippen molar-refractivity contribution in [2.75, 3.05) is 0 Å². The molecule has 47 heavy (non-hydrogen) atoms. The van der Waals surface area contributed by atoms with Gasteiger partial charge in [0.05, 0.1) is 18.2 Å². The summed E-state index contributed by atoms with van der Waals surface area (Å²) in [6.45, 7) is 0.181. The number of urea groups is 1. The minimum absolute atomic E-state index is 0.0830. The van der Waals surface area contributed by atoms with E-state index in [2.05, 4.69) is 10.3 Å². The van der Waals surface area contributed by atoms with E-state index < -0.39 is 24.0 Å². The van der Waals surface area contributed by atoms with Crippen LogP contribution in [0.15, 0.2) is 107 Å². The van der Waals surface area contributed by atoms with Crippen LogP contribution in [0.3, 0.4) is 0 Å². The number of rotatable bonds is 11. The molecule has 7 N–H and O–H groups in total. The third-order valence-corrected chi connectivity index (χ3v) is 8.45. The zero-order valence-electron chi connectivity index (χ0n) is 25.5. The Kier molecular flexibility index (Phi) is 10.3. The van der Waals surface area contributed by atoms with Crippen molar-refractivity contribution < 1.29 is 29.1 Å². The minimum Gasteiger partial charge on any atom is -0.409 e. The van der Waals surface area contributed by atoms with Gasteiger partial charge in [-0.2, -0.15) is 0 Å². The number of carbonyl (C=O) groups is 1. The summed E-state index contributed by atoms with van der Waals surface area (Å²) in [5.74, 6) is -0.938. The summed E-state index contributed by atoms with van der Waals surface area (Å²) in [6.07, 6.45) is 0.0110. The van der Waals surface area contributed by atoms with E-state index in [0.29, 0.717) is 35.1 Å². The van der Waals surface area contributed by atoms with E-state index in [1.165, 1.54) is 24.3 Å². The number of aliphatic hydroxyl groups is 1. The number of carbonyl (C=O) groups excluding carboxylic acids is 1. The third kappa shape index (κ3) is 7.85. The zero-order chi connectivity index (χ0) is 33.5. The molecule has 0 aliphatic carbocycles. The standard InChI is InChI=1S/C35H36F2N6O4/c36-28-12-7-22(8-13-28)11-16-30-32(44)31(19-23-9-14-29(37)15-10-23)43(21-25-4-2-6-27(18-25)34(39)41-47)35(45)42(30)20-24-3-1-5-26(17-24)33(38)40-46/h1-10,12-15,17-18,30-32,44,46-47H,11,16,19-21H2,(H2,38,40)(H2,39,41). The summed E-state index contributed by atoms with van der Waals surface area (Å²) in [6, 6.07) is 24.1. The molecule has 0 spiro atoms. The van der Waals surface area contributed by atoms with E-state index in [0.717, 1.165) is 11.1 Å². The number of aliphatic hydroxyl groups excluding tert-OH is 1. The van der Waals surface area contributed by atoms with Crippen LogP contribution in [-0.2, 0) is 25.9 Å². The molecule has 0 bridgehead atoms. The average Bonchev–Trinajstić information content (AvgIpc) is 3.09. The van der Waals surface area contributed by atoms with Crippen LogP contribution in [0.4, 0.5) is 13.6 Å². The fraction of sp³-hybridized carbons (Fsp3) is 0.229. The summed E-state index contributed by atoms with van der Waals surface area (Å²) < 4.78 is 27.4. The second-order valence-corrected chi connectivity index (χ2v) is 11.5. The van der Waals surface area contributed by atoms with Crippen LogP contribution in [0.5, 0.6) is 0 Å². The number of amidine groups is 2. The first-order chi connectivity index (χ1) is 22.7. The van der Waals surface area contributed by atoms with Crippen molar-refractivity contribution in [3.8, 4) is 0 Å². The highest BCUT2D eigenvalue weighted by molar-refractivity contribution is 5.97. The number of benzene rings is 4. The van der Waals surface area contributed by atoms with E-state index in [4.69, 9.17) is 11.5 Å². The molecule has 2 amide bonds. The first-order valence-corrected chi connectivity index (χ1v) is 15.0. The molecule has 3 atom stereocenters. The Hall–Kier alpha value is -5.49. The second kappa shape index (κ2) is 14.7. The SMILES string of the molecule is N/C(=N/O)c1cccc(CN2C(=O)N(Cc3cccc(/C(N)=N\O)c3)C(Cc3ccc(F)cc3)C(O)C2CCc2ccc(F)cc2)c1. The lowest BCUT2D eigenvalue weighted by molar-refractivity contribution is -0.0453. The van der Waals surface area contributed by atoms with Crippen molar-refractivity contribution in [3.05, 3.63) is 142 Å². The molecule has 4 aromatic rings. The van der Waals surface area contributed by atoms with E-state index >= 15 is 0 Å². The molecule has 1 saturated heterocycles. The van der Waals surface area contributed by atoms with Crippen molar-refractivity contribution in [1.82, 2.24) is 9.80 Å². The van der Waals surface area contributed by atoms with Crippen LogP contribution in [0.2, 0.25) is 0 Å². The minimum atomic E-state index is -1.06. The monoisotopic (exact) mass is 642 g/mol. The van der Waals surface area contributed by atoms with Gasteiger partial charge in [0, 0.05) is 24.2 Å². The van der Waals surface area contributed by atoms with Crippen LogP contribution >= 0.6 is 0 Å². The topological polar surface area (TPSA) is 161 Å². The number of halogens is 2. The Balaban J connectivity index is 1.54. The van der Waals surface area contributed by atoms with E-state index in [1.54, 1.807) is 82.6 Å². The number of amides is 2. The van der Waals surface area contributed by atoms with Gasteiger partial charge in [0.1, 0.15) is 11.6 Å². The molecule has 1 aliphatic heterocycles. The number of hydrogen-bond acceptors (Lipinski definition) is 6. The molecule has 1 fully saturated rings. The number of oxime groups is 2. The Bertz CT molecular complexity index is 1750. The predicted octanol–water partition coefficient (Wildman–Crippen LogP) is 4.57. The smallest absolute Gasteiger partial charge is 0.321 e. The molecular formula is C35H36F2N6O4. The van der Waals surface area contributed by atoms with Crippen LogP contribution in [0.1, 0.15) is 39.8 Å². The Morgan fingerprint density at radius 2 is 1.15 bits per heavy atom.